The quantitative estimate of drug-likeness (QED) is 0.673. The van der Waals surface area contributed by atoms with Gasteiger partial charge in [-0.1, -0.05) is 19.3 Å². The molecule has 10 heteroatoms. The molecule has 8 nitrogen and oxygen atoms in total. The number of imide groups is 1. The van der Waals surface area contributed by atoms with Crippen molar-refractivity contribution in [1.29, 1.82) is 0 Å². The third-order valence-corrected chi connectivity index (χ3v) is 5.18. The van der Waals surface area contributed by atoms with E-state index < -0.39 is 24.1 Å². The van der Waals surface area contributed by atoms with Crippen LogP contribution in [-0.2, 0) is 9.59 Å². The first kappa shape index (κ1) is 20.8. The van der Waals surface area contributed by atoms with Crippen molar-refractivity contribution >= 4 is 23.5 Å². The number of alkyl halides is 2. The predicted octanol–water partition coefficient (Wildman–Crippen LogP) is 2.88. The number of benzene rings is 1. The Hall–Kier alpha value is -2.91. The van der Waals surface area contributed by atoms with Crippen molar-refractivity contribution in [2.24, 2.45) is 0 Å². The topological polar surface area (TPSA) is 97.0 Å². The van der Waals surface area contributed by atoms with Gasteiger partial charge >= 0.3 is 12.6 Å². The minimum absolute atomic E-state index is 0.0607. The first-order valence-electron chi connectivity index (χ1n) is 9.41. The summed E-state index contributed by atoms with van der Waals surface area (Å²) in [4.78, 5) is 38.2. The van der Waals surface area contributed by atoms with Crippen molar-refractivity contribution in [3.05, 3.63) is 18.2 Å². The second-order valence-corrected chi connectivity index (χ2v) is 7.07. The van der Waals surface area contributed by atoms with Crippen molar-refractivity contribution < 1.29 is 32.6 Å². The first-order valence-corrected chi connectivity index (χ1v) is 9.41. The van der Waals surface area contributed by atoms with E-state index in [-0.39, 0.29) is 36.1 Å². The number of hydrogen-bond acceptors (Lipinski definition) is 5. The third-order valence-electron chi connectivity index (χ3n) is 5.18. The number of carbonyl (C=O) groups is 3. The van der Waals surface area contributed by atoms with E-state index >= 15 is 0 Å². The average molecular weight is 411 g/mol. The normalized spacial score (nSPS) is 18.1. The van der Waals surface area contributed by atoms with Gasteiger partial charge in [0.1, 0.15) is 5.54 Å². The fourth-order valence-corrected chi connectivity index (χ4v) is 3.75. The molecule has 1 aromatic carbocycles. The van der Waals surface area contributed by atoms with Crippen LogP contribution in [0.3, 0.4) is 0 Å². The Morgan fingerprint density at radius 3 is 2.62 bits per heavy atom. The van der Waals surface area contributed by atoms with Crippen molar-refractivity contribution in [2.75, 3.05) is 19.0 Å². The van der Waals surface area contributed by atoms with Crippen LogP contribution in [0.2, 0.25) is 0 Å². The molecule has 0 radical (unpaired) electrons. The maximum atomic E-state index is 12.7. The Labute approximate surface area is 166 Å². The first-order chi connectivity index (χ1) is 13.8. The number of amides is 4. The molecule has 0 unspecified atom stereocenters. The molecule has 1 saturated heterocycles. The van der Waals surface area contributed by atoms with Gasteiger partial charge in [-0.3, -0.25) is 14.5 Å². The van der Waals surface area contributed by atoms with Crippen LogP contribution in [0.25, 0.3) is 0 Å². The fourth-order valence-electron chi connectivity index (χ4n) is 3.75. The van der Waals surface area contributed by atoms with E-state index in [1.54, 1.807) is 0 Å². The summed E-state index contributed by atoms with van der Waals surface area (Å²) in [5.41, 5.74) is -0.601. The molecule has 29 heavy (non-hydrogen) atoms. The lowest BCUT2D eigenvalue weighted by molar-refractivity contribution is -0.132. The summed E-state index contributed by atoms with van der Waals surface area (Å²) in [5, 5.41) is 5.33. The lowest BCUT2D eigenvalue weighted by atomic mass is 9.82. The Morgan fingerprint density at radius 2 is 1.97 bits per heavy atom. The van der Waals surface area contributed by atoms with Gasteiger partial charge in [-0.25, -0.2) is 4.79 Å². The van der Waals surface area contributed by atoms with Gasteiger partial charge in [-0.2, -0.15) is 8.78 Å². The smallest absolute Gasteiger partial charge is 0.387 e. The molecule has 0 atom stereocenters. The lowest BCUT2D eigenvalue weighted by Crippen LogP contribution is -2.48. The molecule has 2 N–H and O–H groups in total. The number of ether oxygens (including phenoxy) is 2. The Bertz CT molecular complexity index is 796. The molecule has 2 fully saturated rings. The second-order valence-electron chi connectivity index (χ2n) is 7.07. The van der Waals surface area contributed by atoms with Crippen molar-refractivity contribution in [2.45, 2.75) is 50.7 Å². The highest BCUT2D eigenvalue weighted by atomic mass is 19.3. The summed E-state index contributed by atoms with van der Waals surface area (Å²) >= 11 is 0. The summed E-state index contributed by atoms with van der Waals surface area (Å²) in [6.45, 7) is -3.10. The summed E-state index contributed by atoms with van der Waals surface area (Å²) < 4.78 is 34.3. The maximum Gasteiger partial charge on any atom is 0.387 e. The zero-order valence-electron chi connectivity index (χ0n) is 16.0. The maximum absolute atomic E-state index is 12.7. The van der Waals surface area contributed by atoms with Gasteiger partial charge in [0, 0.05) is 24.7 Å². The predicted molar refractivity (Wildman–Crippen MR) is 98.9 cm³/mol. The van der Waals surface area contributed by atoms with Crippen LogP contribution in [0.5, 0.6) is 11.5 Å². The van der Waals surface area contributed by atoms with E-state index in [0.29, 0.717) is 12.8 Å². The van der Waals surface area contributed by atoms with Crippen LogP contribution in [-0.4, -0.2) is 48.6 Å². The van der Waals surface area contributed by atoms with Crippen LogP contribution in [0.4, 0.5) is 19.3 Å². The van der Waals surface area contributed by atoms with E-state index in [4.69, 9.17) is 4.74 Å². The summed E-state index contributed by atoms with van der Waals surface area (Å²) in [7, 11) is 1.31. The Balaban J connectivity index is 1.59. The van der Waals surface area contributed by atoms with E-state index in [0.717, 1.165) is 24.2 Å². The van der Waals surface area contributed by atoms with Gasteiger partial charge < -0.3 is 20.1 Å². The highest BCUT2D eigenvalue weighted by molar-refractivity contribution is 6.07. The molecular weight excluding hydrogens is 388 g/mol. The molecule has 0 aromatic heterocycles. The molecular formula is C19H23F2N3O5. The van der Waals surface area contributed by atoms with E-state index in [2.05, 4.69) is 15.4 Å². The van der Waals surface area contributed by atoms with Gasteiger partial charge in [-0.15, -0.1) is 0 Å². The zero-order chi connectivity index (χ0) is 21.0. The molecule has 4 amide bonds. The molecule has 2 aliphatic rings. The van der Waals surface area contributed by atoms with Gasteiger partial charge in [0.25, 0.3) is 5.91 Å². The van der Waals surface area contributed by atoms with Crippen LogP contribution < -0.4 is 20.1 Å². The van der Waals surface area contributed by atoms with E-state index in [1.807, 2.05) is 0 Å². The van der Waals surface area contributed by atoms with Crippen LogP contribution >= 0.6 is 0 Å². The SMILES string of the molecule is COc1ccc(NC(=O)CCN2C(=O)NC3(CCCCC3)C2=O)cc1OC(F)F. The number of carbonyl (C=O) groups excluding carboxylic acids is 3. The van der Waals surface area contributed by atoms with Crippen LogP contribution in [0, 0.1) is 0 Å². The molecule has 3 rings (SSSR count). The highest BCUT2D eigenvalue weighted by Gasteiger charge is 2.51. The lowest BCUT2D eigenvalue weighted by Gasteiger charge is -2.30. The number of halogens is 2. The standard InChI is InChI=1S/C19H23F2N3O5/c1-28-13-6-5-12(11-14(13)29-17(20)21)22-15(25)7-10-24-16(26)19(23-18(24)27)8-3-2-4-9-19/h5-6,11,17H,2-4,7-10H2,1H3,(H,22,25)(H,23,27). The van der Waals surface area contributed by atoms with E-state index in [1.165, 1.54) is 25.3 Å². The molecule has 158 valence electrons. The molecule has 1 aliphatic carbocycles. The number of nitrogens with one attached hydrogen (secondary N) is 2. The second kappa shape index (κ2) is 8.62. The molecule has 1 aliphatic heterocycles. The molecule has 1 heterocycles. The Kier molecular flexibility index (Phi) is 6.19. The van der Waals surface area contributed by atoms with Crippen LogP contribution in [0.15, 0.2) is 18.2 Å². The van der Waals surface area contributed by atoms with Gasteiger partial charge in [0.15, 0.2) is 11.5 Å². The summed E-state index contributed by atoms with van der Waals surface area (Å²) in [6, 6.07) is 3.59. The number of hydrogen-bond donors (Lipinski definition) is 2. The monoisotopic (exact) mass is 411 g/mol. The zero-order valence-corrected chi connectivity index (χ0v) is 16.0. The van der Waals surface area contributed by atoms with Gasteiger partial charge in [-0.05, 0) is 25.0 Å². The van der Waals surface area contributed by atoms with Crippen molar-refractivity contribution in [3.63, 3.8) is 0 Å². The van der Waals surface area contributed by atoms with Crippen molar-refractivity contribution in [1.82, 2.24) is 10.2 Å². The van der Waals surface area contributed by atoms with Gasteiger partial charge in [0.2, 0.25) is 5.91 Å². The molecule has 1 aromatic rings. The number of nitrogens with zero attached hydrogens (tertiary/aromatic N) is 1. The molecule has 1 spiro atoms. The number of rotatable bonds is 7. The third kappa shape index (κ3) is 4.57. The number of methoxy groups -OCH3 is 1. The van der Waals surface area contributed by atoms with Gasteiger partial charge in [0.05, 0.1) is 7.11 Å². The Morgan fingerprint density at radius 1 is 1.24 bits per heavy atom. The number of urea groups is 1. The molecule has 1 saturated carbocycles. The average Bonchev–Trinajstić information content (AvgIpc) is 2.90. The minimum Gasteiger partial charge on any atom is -0.493 e. The molecule has 0 bridgehead atoms. The largest absolute Gasteiger partial charge is 0.493 e. The summed E-state index contributed by atoms with van der Waals surface area (Å²) in [5.74, 6) is -0.871. The van der Waals surface area contributed by atoms with Crippen molar-refractivity contribution in [3.8, 4) is 11.5 Å². The van der Waals surface area contributed by atoms with E-state index in [9.17, 15) is 23.2 Å². The summed E-state index contributed by atoms with van der Waals surface area (Å²) in [6.07, 6.45) is 3.89. The minimum atomic E-state index is -3.04. The van der Waals surface area contributed by atoms with Crippen LogP contribution in [0.1, 0.15) is 38.5 Å². The highest BCUT2D eigenvalue weighted by Crippen LogP contribution is 2.34. The fraction of sp³-hybridized carbons (Fsp3) is 0.526. The number of anilines is 1.